The second-order valence-corrected chi connectivity index (χ2v) is 4.44. The van der Waals surface area contributed by atoms with E-state index in [4.69, 9.17) is 6.42 Å². The van der Waals surface area contributed by atoms with E-state index in [1.54, 1.807) is 0 Å². The third-order valence-corrected chi connectivity index (χ3v) is 3.89. The molecule has 1 aromatic carbocycles. The van der Waals surface area contributed by atoms with E-state index in [9.17, 15) is 0 Å². The fraction of sp³-hybridized carbons (Fsp3) is 0.385. The molecule has 0 nitrogen and oxygen atoms in total. The van der Waals surface area contributed by atoms with Crippen molar-refractivity contribution in [3.05, 3.63) is 35.9 Å². The lowest BCUT2D eigenvalue weighted by atomic mass is 9.86. The fourth-order valence-corrected chi connectivity index (χ4v) is 2.20. The van der Waals surface area contributed by atoms with E-state index in [0.29, 0.717) is 11.8 Å². The molecular weight excluding hydrogens is 283 g/mol. The van der Waals surface area contributed by atoms with Crippen LogP contribution < -0.4 is 0 Å². The first-order chi connectivity index (χ1) is 6.79. The number of benzene rings is 1. The summed E-state index contributed by atoms with van der Waals surface area (Å²) in [5, 5.41) is 0. The van der Waals surface area contributed by atoms with Gasteiger partial charge in [0.1, 0.15) is 0 Å². The molecule has 0 amide bonds. The molecule has 0 aliphatic carbocycles. The van der Waals surface area contributed by atoms with Crippen LogP contribution >= 0.6 is 22.6 Å². The predicted molar refractivity (Wildman–Crippen MR) is 70.7 cm³/mol. The van der Waals surface area contributed by atoms with Gasteiger partial charge in [-0.2, -0.15) is 0 Å². The molecule has 0 saturated heterocycles. The van der Waals surface area contributed by atoms with Gasteiger partial charge in [-0.15, -0.1) is 12.3 Å². The molecule has 0 aromatic heterocycles. The second kappa shape index (κ2) is 6.08. The third kappa shape index (κ3) is 3.02. The molecular formula is C13H15I. The van der Waals surface area contributed by atoms with Gasteiger partial charge in [0.05, 0.1) is 0 Å². The van der Waals surface area contributed by atoms with E-state index in [0.717, 1.165) is 10.8 Å². The zero-order valence-electron chi connectivity index (χ0n) is 8.41. The van der Waals surface area contributed by atoms with Crippen LogP contribution in [0, 0.1) is 18.3 Å². The molecule has 74 valence electrons. The minimum atomic E-state index is 0.512. The van der Waals surface area contributed by atoms with Gasteiger partial charge >= 0.3 is 0 Å². The zero-order valence-corrected chi connectivity index (χ0v) is 10.6. The maximum Gasteiger partial charge on any atom is 0.0158 e. The first-order valence-corrected chi connectivity index (χ1v) is 6.36. The fourth-order valence-electron chi connectivity index (χ4n) is 1.58. The van der Waals surface area contributed by atoms with Gasteiger partial charge in [0.25, 0.3) is 0 Å². The van der Waals surface area contributed by atoms with Crippen molar-refractivity contribution in [2.45, 2.75) is 19.3 Å². The van der Waals surface area contributed by atoms with Crippen molar-refractivity contribution in [2.24, 2.45) is 5.92 Å². The highest BCUT2D eigenvalue weighted by Crippen LogP contribution is 2.28. The molecule has 0 fully saturated rings. The Labute approximate surface area is 100 Å². The van der Waals surface area contributed by atoms with Crippen LogP contribution in [0.4, 0.5) is 0 Å². The molecule has 0 radical (unpaired) electrons. The normalized spacial score (nSPS) is 14.4. The monoisotopic (exact) mass is 298 g/mol. The Bertz CT molecular complexity index is 297. The maximum absolute atomic E-state index is 5.41. The molecule has 0 spiro atoms. The van der Waals surface area contributed by atoms with E-state index in [-0.39, 0.29) is 0 Å². The molecule has 0 heterocycles. The van der Waals surface area contributed by atoms with Crippen LogP contribution in [-0.4, -0.2) is 4.43 Å². The Morgan fingerprint density at radius 2 is 2.00 bits per heavy atom. The second-order valence-electron chi connectivity index (χ2n) is 3.56. The van der Waals surface area contributed by atoms with Crippen molar-refractivity contribution in [3.63, 3.8) is 0 Å². The summed E-state index contributed by atoms with van der Waals surface area (Å²) >= 11 is 2.43. The molecule has 0 aliphatic heterocycles. The van der Waals surface area contributed by atoms with Crippen LogP contribution in [0.25, 0.3) is 0 Å². The van der Waals surface area contributed by atoms with Gasteiger partial charge in [0.2, 0.25) is 0 Å². The molecule has 0 unspecified atom stereocenters. The Morgan fingerprint density at radius 3 is 2.50 bits per heavy atom. The number of terminal acetylenes is 1. The molecule has 2 atom stereocenters. The van der Waals surface area contributed by atoms with Crippen molar-refractivity contribution in [1.82, 2.24) is 0 Å². The predicted octanol–water partition coefficient (Wildman–Crippen LogP) is 3.86. The lowest BCUT2D eigenvalue weighted by molar-refractivity contribution is 0.522. The van der Waals surface area contributed by atoms with E-state index >= 15 is 0 Å². The van der Waals surface area contributed by atoms with Gasteiger partial charge in [0, 0.05) is 10.8 Å². The summed E-state index contributed by atoms with van der Waals surface area (Å²) in [6.45, 7) is 2.27. The summed E-state index contributed by atoms with van der Waals surface area (Å²) < 4.78 is 1.15. The minimum absolute atomic E-state index is 0.512. The van der Waals surface area contributed by atoms with Gasteiger partial charge in [-0.1, -0.05) is 59.8 Å². The molecule has 0 N–H and O–H groups in total. The summed E-state index contributed by atoms with van der Waals surface area (Å²) in [6, 6.07) is 10.6. The van der Waals surface area contributed by atoms with E-state index in [1.807, 2.05) is 6.07 Å². The standard InChI is InChI=1S/C13H15I/c1-3-7-13(11(2)10-14)12-8-5-4-6-9-12/h1,4-6,8-9,11,13H,7,10H2,2H3/t11-,13-/m0/s1. The Balaban J connectivity index is 2.84. The number of hydrogen-bond donors (Lipinski definition) is 0. The Kier molecular flexibility index (Phi) is 5.03. The molecule has 0 aliphatic rings. The number of alkyl halides is 1. The number of hydrogen-bond acceptors (Lipinski definition) is 0. The molecule has 1 rings (SSSR count). The summed E-state index contributed by atoms with van der Waals surface area (Å²) in [7, 11) is 0. The quantitative estimate of drug-likeness (QED) is 0.450. The van der Waals surface area contributed by atoms with Crippen molar-refractivity contribution >= 4 is 22.6 Å². The van der Waals surface area contributed by atoms with Crippen LogP contribution in [0.5, 0.6) is 0 Å². The van der Waals surface area contributed by atoms with E-state index in [2.05, 4.69) is 59.7 Å². The summed E-state index contributed by atoms with van der Waals surface area (Å²) in [5.74, 6) is 3.94. The van der Waals surface area contributed by atoms with Crippen molar-refractivity contribution < 1.29 is 0 Å². The zero-order chi connectivity index (χ0) is 10.4. The highest BCUT2D eigenvalue weighted by atomic mass is 127. The smallest absolute Gasteiger partial charge is 0.0158 e. The van der Waals surface area contributed by atoms with Crippen LogP contribution in [0.15, 0.2) is 30.3 Å². The van der Waals surface area contributed by atoms with Crippen LogP contribution in [-0.2, 0) is 0 Å². The number of halogens is 1. The first kappa shape index (κ1) is 11.6. The van der Waals surface area contributed by atoms with E-state index in [1.165, 1.54) is 5.56 Å². The summed E-state index contributed by atoms with van der Waals surface area (Å²) in [5.41, 5.74) is 1.37. The molecule has 0 bridgehead atoms. The van der Waals surface area contributed by atoms with Crippen LogP contribution in [0.3, 0.4) is 0 Å². The first-order valence-electron chi connectivity index (χ1n) is 4.84. The van der Waals surface area contributed by atoms with Crippen LogP contribution in [0.2, 0.25) is 0 Å². The van der Waals surface area contributed by atoms with Gasteiger partial charge in [0.15, 0.2) is 0 Å². The van der Waals surface area contributed by atoms with Gasteiger partial charge < -0.3 is 0 Å². The Morgan fingerprint density at radius 1 is 1.36 bits per heavy atom. The topological polar surface area (TPSA) is 0 Å². The van der Waals surface area contributed by atoms with E-state index < -0.39 is 0 Å². The molecule has 1 heteroatoms. The van der Waals surface area contributed by atoms with Crippen molar-refractivity contribution in [3.8, 4) is 12.3 Å². The summed E-state index contributed by atoms with van der Waals surface area (Å²) in [4.78, 5) is 0. The third-order valence-electron chi connectivity index (χ3n) is 2.50. The largest absolute Gasteiger partial charge is 0.120 e. The molecule has 0 saturated carbocycles. The van der Waals surface area contributed by atoms with Gasteiger partial charge in [-0.25, -0.2) is 0 Å². The average molecular weight is 298 g/mol. The number of rotatable bonds is 4. The minimum Gasteiger partial charge on any atom is -0.120 e. The van der Waals surface area contributed by atoms with Crippen LogP contribution in [0.1, 0.15) is 24.8 Å². The molecule has 14 heavy (non-hydrogen) atoms. The lowest BCUT2D eigenvalue weighted by Crippen LogP contribution is -2.10. The lowest BCUT2D eigenvalue weighted by Gasteiger charge is -2.20. The highest BCUT2D eigenvalue weighted by molar-refractivity contribution is 14.1. The Hall–Kier alpha value is -0.490. The van der Waals surface area contributed by atoms with Crippen molar-refractivity contribution in [2.75, 3.05) is 4.43 Å². The SMILES string of the molecule is C#CC[C@H](c1ccccc1)[C@@H](C)CI. The highest BCUT2D eigenvalue weighted by Gasteiger charge is 2.16. The maximum atomic E-state index is 5.41. The van der Waals surface area contributed by atoms with Gasteiger partial charge in [-0.05, 0) is 17.4 Å². The van der Waals surface area contributed by atoms with Crippen molar-refractivity contribution in [1.29, 1.82) is 0 Å². The summed E-state index contributed by atoms with van der Waals surface area (Å²) in [6.07, 6.45) is 6.25. The average Bonchev–Trinajstić information content (AvgIpc) is 2.26. The van der Waals surface area contributed by atoms with Gasteiger partial charge in [-0.3, -0.25) is 0 Å². The molecule has 1 aromatic rings.